The van der Waals surface area contributed by atoms with Crippen molar-refractivity contribution in [1.29, 1.82) is 0 Å². The third-order valence-corrected chi connectivity index (χ3v) is 4.10. The number of rotatable bonds is 3. The van der Waals surface area contributed by atoms with Crippen LogP contribution in [0.5, 0.6) is 0 Å². The molecule has 2 N–H and O–H groups in total. The van der Waals surface area contributed by atoms with Crippen LogP contribution in [0.1, 0.15) is 19.8 Å². The number of thioether (sulfide) groups is 1. The highest BCUT2D eigenvalue weighted by Crippen LogP contribution is 2.20. The van der Waals surface area contributed by atoms with Crippen molar-refractivity contribution in [1.82, 2.24) is 9.88 Å². The van der Waals surface area contributed by atoms with E-state index in [-0.39, 0.29) is 5.91 Å². The summed E-state index contributed by atoms with van der Waals surface area (Å²) in [4.78, 5) is 19.0. The zero-order valence-electron chi connectivity index (χ0n) is 10.6. The maximum Gasteiger partial charge on any atom is 0.232 e. The monoisotopic (exact) mass is 265 g/mol. The van der Waals surface area contributed by atoms with E-state index in [9.17, 15) is 4.79 Å². The molecule has 1 fully saturated rings. The highest BCUT2D eigenvalue weighted by molar-refractivity contribution is 8.00. The average molecular weight is 265 g/mol. The van der Waals surface area contributed by atoms with Crippen molar-refractivity contribution in [2.45, 2.75) is 24.7 Å². The summed E-state index contributed by atoms with van der Waals surface area (Å²) >= 11 is 1.52. The first-order valence-electron chi connectivity index (χ1n) is 6.27. The molecule has 1 unspecified atom stereocenters. The Kier molecular flexibility index (Phi) is 4.47. The number of pyridine rings is 1. The van der Waals surface area contributed by atoms with Gasteiger partial charge in [-0.3, -0.25) is 4.79 Å². The molecule has 18 heavy (non-hydrogen) atoms. The van der Waals surface area contributed by atoms with Crippen molar-refractivity contribution >= 4 is 23.5 Å². The predicted molar refractivity (Wildman–Crippen MR) is 74.4 cm³/mol. The van der Waals surface area contributed by atoms with E-state index in [1.807, 2.05) is 11.0 Å². The Morgan fingerprint density at radius 3 is 3.11 bits per heavy atom. The summed E-state index contributed by atoms with van der Waals surface area (Å²) in [5, 5.41) is 0. The van der Waals surface area contributed by atoms with E-state index < -0.39 is 0 Å². The first-order valence-corrected chi connectivity index (χ1v) is 7.26. The van der Waals surface area contributed by atoms with Crippen LogP contribution in [0.25, 0.3) is 0 Å². The van der Waals surface area contributed by atoms with Crippen molar-refractivity contribution in [3.63, 3.8) is 0 Å². The number of amides is 1. The normalized spacial score (nSPS) is 19.8. The smallest absolute Gasteiger partial charge is 0.232 e. The van der Waals surface area contributed by atoms with Gasteiger partial charge in [-0.2, -0.15) is 0 Å². The number of nitrogens with zero attached hydrogens (tertiary/aromatic N) is 2. The maximum atomic E-state index is 12.0. The van der Waals surface area contributed by atoms with Gasteiger partial charge in [-0.1, -0.05) is 6.92 Å². The van der Waals surface area contributed by atoms with Crippen LogP contribution in [0.2, 0.25) is 0 Å². The number of aromatic nitrogens is 1. The molecule has 98 valence electrons. The van der Waals surface area contributed by atoms with Crippen molar-refractivity contribution in [3.8, 4) is 0 Å². The van der Waals surface area contributed by atoms with Crippen molar-refractivity contribution in [3.05, 3.63) is 18.3 Å². The molecule has 5 heteroatoms. The molecule has 1 aliphatic heterocycles. The van der Waals surface area contributed by atoms with Crippen LogP contribution in [0.15, 0.2) is 23.2 Å². The number of nitrogen functional groups attached to an aromatic ring is 1. The van der Waals surface area contributed by atoms with Gasteiger partial charge in [-0.05, 0) is 30.9 Å². The van der Waals surface area contributed by atoms with Crippen molar-refractivity contribution < 1.29 is 4.79 Å². The molecule has 2 rings (SSSR count). The Hall–Kier alpha value is -1.23. The van der Waals surface area contributed by atoms with Gasteiger partial charge in [0.15, 0.2) is 0 Å². The molecule has 1 aromatic rings. The van der Waals surface area contributed by atoms with E-state index in [1.165, 1.54) is 18.2 Å². The largest absolute Gasteiger partial charge is 0.384 e. The number of hydrogen-bond donors (Lipinski definition) is 1. The summed E-state index contributed by atoms with van der Waals surface area (Å²) in [6.45, 7) is 4.01. The molecule has 1 amide bonds. The molecule has 0 aliphatic carbocycles. The van der Waals surface area contributed by atoms with Crippen LogP contribution in [0, 0.1) is 5.92 Å². The Balaban J connectivity index is 1.82. The van der Waals surface area contributed by atoms with Crippen LogP contribution in [-0.4, -0.2) is 34.6 Å². The summed E-state index contributed by atoms with van der Waals surface area (Å²) in [5.74, 6) is 1.85. The lowest BCUT2D eigenvalue weighted by molar-refractivity contribution is -0.130. The second-order valence-corrected chi connectivity index (χ2v) is 5.84. The Labute approximate surface area is 112 Å². The van der Waals surface area contributed by atoms with Gasteiger partial charge < -0.3 is 10.6 Å². The lowest BCUT2D eigenvalue weighted by Gasteiger charge is -2.30. The standard InChI is InChI=1S/C13H19N3OS/c1-10-3-2-6-16(8-10)13(17)9-18-11-4-5-12(14)15-7-11/h4-5,7,10H,2-3,6,8-9H2,1H3,(H2,14,15). The van der Waals surface area contributed by atoms with E-state index in [1.54, 1.807) is 12.3 Å². The molecule has 1 saturated heterocycles. The van der Waals surface area contributed by atoms with E-state index in [4.69, 9.17) is 5.73 Å². The van der Waals surface area contributed by atoms with Gasteiger partial charge >= 0.3 is 0 Å². The molecule has 2 heterocycles. The molecular formula is C13H19N3OS. The topological polar surface area (TPSA) is 59.2 Å². The molecule has 1 aromatic heterocycles. The van der Waals surface area contributed by atoms with Crippen LogP contribution < -0.4 is 5.73 Å². The first-order chi connectivity index (χ1) is 8.65. The van der Waals surface area contributed by atoms with E-state index in [0.717, 1.165) is 24.4 Å². The Bertz CT molecular complexity index is 407. The molecule has 4 nitrogen and oxygen atoms in total. The minimum atomic E-state index is 0.225. The number of carbonyl (C=O) groups is 1. The summed E-state index contributed by atoms with van der Waals surface area (Å²) in [6, 6.07) is 3.66. The van der Waals surface area contributed by atoms with Crippen molar-refractivity contribution in [2.24, 2.45) is 5.92 Å². The highest BCUT2D eigenvalue weighted by atomic mass is 32.2. The fraction of sp³-hybridized carbons (Fsp3) is 0.538. The van der Waals surface area contributed by atoms with Gasteiger partial charge in [0.2, 0.25) is 5.91 Å². The number of carbonyl (C=O) groups excluding carboxylic acids is 1. The summed E-state index contributed by atoms with van der Waals surface area (Å²) in [6.07, 6.45) is 4.08. The van der Waals surface area contributed by atoms with Gasteiger partial charge in [0.25, 0.3) is 0 Å². The number of hydrogen-bond acceptors (Lipinski definition) is 4. The first kappa shape index (κ1) is 13.2. The van der Waals surface area contributed by atoms with Crippen molar-refractivity contribution in [2.75, 3.05) is 24.6 Å². The van der Waals surface area contributed by atoms with Crippen LogP contribution in [0.3, 0.4) is 0 Å². The molecule has 1 aliphatic rings. The second-order valence-electron chi connectivity index (χ2n) is 4.79. The van der Waals surface area contributed by atoms with Gasteiger partial charge in [-0.25, -0.2) is 4.98 Å². The number of likely N-dealkylation sites (tertiary alicyclic amines) is 1. The number of nitrogens with two attached hydrogens (primary N) is 1. The van der Waals surface area contributed by atoms with Gasteiger partial charge in [0.1, 0.15) is 5.82 Å². The molecule has 0 aromatic carbocycles. The van der Waals surface area contributed by atoms with E-state index >= 15 is 0 Å². The minimum absolute atomic E-state index is 0.225. The van der Waals surface area contributed by atoms with Crippen LogP contribution in [-0.2, 0) is 4.79 Å². The SMILES string of the molecule is CC1CCCN(C(=O)CSc2ccc(N)nc2)C1. The quantitative estimate of drug-likeness (QED) is 0.849. The zero-order valence-corrected chi connectivity index (χ0v) is 11.4. The Morgan fingerprint density at radius 2 is 2.44 bits per heavy atom. The fourth-order valence-corrected chi connectivity index (χ4v) is 2.89. The van der Waals surface area contributed by atoms with E-state index in [0.29, 0.717) is 17.5 Å². The summed E-state index contributed by atoms with van der Waals surface area (Å²) in [5.41, 5.74) is 5.52. The average Bonchev–Trinajstić information content (AvgIpc) is 2.38. The fourth-order valence-electron chi connectivity index (χ4n) is 2.13. The number of piperidine rings is 1. The minimum Gasteiger partial charge on any atom is -0.384 e. The van der Waals surface area contributed by atoms with Gasteiger partial charge in [0.05, 0.1) is 5.75 Å². The predicted octanol–water partition coefficient (Wildman–Crippen LogP) is 2.01. The lowest BCUT2D eigenvalue weighted by atomic mass is 10.0. The maximum absolute atomic E-state index is 12.0. The Morgan fingerprint density at radius 1 is 1.61 bits per heavy atom. The summed E-state index contributed by atoms with van der Waals surface area (Å²) in [7, 11) is 0. The molecule has 0 bridgehead atoms. The molecule has 1 atom stereocenters. The molecule has 0 saturated carbocycles. The molecular weight excluding hydrogens is 246 g/mol. The number of anilines is 1. The van der Waals surface area contributed by atoms with E-state index in [2.05, 4.69) is 11.9 Å². The third kappa shape index (κ3) is 3.63. The lowest BCUT2D eigenvalue weighted by Crippen LogP contribution is -2.40. The second kappa shape index (κ2) is 6.09. The van der Waals surface area contributed by atoms with Crippen LogP contribution >= 0.6 is 11.8 Å². The highest BCUT2D eigenvalue weighted by Gasteiger charge is 2.20. The van der Waals surface area contributed by atoms with Gasteiger partial charge in [-0.15, -0.1) is 11.8 Å². The summed E-state index contributed by atoms with van der Waals surface area (Å²) < 4.78 is 0. The molecule has 0 radical (unpaired) electrons. The molecule has 0 spiro atoms. The third-order valence-electron chi connectivity index (χ3n) is 3.13. The van der Waals surface area contributed by atoms with Gasteiger partial charge in [0, 0.05) is 24.2 Å². The van der Waals surface area contributed by atoms with Crippen LogP contribution in [0.4, 0.5) is 5.82 Å². The zero-order chi connectivity index (χ0) is 13.0.